The quantitative estimate of drug-likeness (QED) is 0.102. The zero-order chi connectivity index (χ0) is 48.3. The van der Waals surface area contributed by atoms with Crippen molar-refractivity contribution in [3.8, 4) is 23.0 Å². The highest BCUT2D eigenvalue weighted by atomic mass is 19.1. The first-order valence-electron chi connectivity index (χ1n) is 21.6. The number of halogens is 1. The van der Waals surface area contributed by atoms with Gasteiger partial charge in [0.2, 0.25) is 0 Å². The Labute approximate surface area is 387 Å². The average Bonchev–Trinajstić information content (AvgIpc) is 3.98. The van der Waals surface area contributed by atoms with Gasteiger partial charge in [0.1, 0.15) is 62.4 Å². The second-order valence-electron chi connectivity index (χ2n) is 17.4. The summed E-state index contributed by atoms with van der Waals surface area (Å²) in [5, 5.41) is 4.94. The molecule has 2 amide bonds. The molecule has 356 valence electrons. The highest BCUT2D eigenvalue weighted by molar-refractivity contribution is 5.94. The van der Waals surface area contributed by atoms with Crippen LogP contribution in [0.1, 0.15) is 62.3 Å². The van der Waals surface area contributed by atoms with E-state index in [1.807, 2.05) is 71.9 Å². The molecule has 3 N–H and O–H groups in total. The molecule has 8 rings (SSSR count). The van der Waals surface area contributed by atoms with Gasteiger partial charge in [-0.15, -0.1) is 0 Å². The molecule has 6 heterocycles. The number of ether oxygens (including phenoxy) is 6. The molecule has 6 aromatic rings. The zero-order valence-corrected chi connectivity index (χ0v) is 38.9. The number of hydrogen-bond donors (Lipinski definition) is 3. The van der Waals surface area contributed by atoms with Crippen molar-refractivity contribution in [1.29, 1.82) is 0 Å². The number of nitrogens with one attached hydrogen (secondary N) is 3. The van der Waals surface area contributed by atoms with Crippen molar-refractivity contribution in [2.45, 2.75) is 52.7 Å². The van der Waals surface area contributed by atoms with Crippen LogP contribution in [-0.2, 0) is 18.9 Å². The van der Waals surface area contributed by atoms with Crippen LogP contribution in [-0.4, -0.2) is 132 Å². The van der Waals surface area contributed by atoms with E-state index in [4.69, 9.17) is 23.7 Å². The van der Waals surface area contributed by atoms with E-state index in [0.717, 1.165) is 60.0 Å². The van der Waals surface area contributed by atoms with Crippen LogP contribution in [0.5, 0.6) is 23.0 Å². The van der Waals surface area contributed by atoms with Crippen molar-refractivity contribution < 1.29 is 52.0 Å². The first-order chi connectivity index (χ1) is 31.9. The van der Waals surface area contributed by atoms with Crippen LogP contribution in [0.4, 0.5) is 19.7 Å². The second-order valence-corrected chi connectivity index (χ2v) is 17.4. The Bertz CT molecular complexity index is 2660. The molecule has 19 heteroatoms. The molecule has 2 aliphatic heterocycles. The van der Waals surface area contributed by atoms with E-state index in [1.165, 1.54) is 32.5 Å². The normalized spacial score (nSPS) is 14.0. The van der Waals surface area contributed by atoms with Gasteiger partial charge >= 0.3 is 24.1 Å². The molecule has 0 spiro atoms. The summed E-state index contributed by atoms with van der Waals surface area (Å²) in [6.45, 7) is 16.8. The van der Waals surface area contributed by atoms with Crippen molar-refractivity contribution in [2.24, 2.45) is 0 Å². The first kappa shape index (κ1) is 49.0. The summed E-state index contributed by atoms with van der Waals surface area (Å²) in [6.07, 6.45) is 6.15. The standard InChI is InChI=1S/C24H28N4O5.C15H11FN2O3.C9H18N2O2/c1-24(2,3)33-23(30)28-11-9-27(10-12-28)17-5-6-19(22(29)31-4)20(14-17)32-18-13-16-7-8-25-21(16)26-15-18;1-20-15(19)12-3-2-10(16)7-13(12)21-11-6-9-4-5-17-14(9)18-8-11;1-9(2,3)13-8(12)11-6-4-10-5-7-11/h5-8,13-15H,9-12H2,1-4H3,(H,25,26);2-8H,1H3,(H,17,18);10H,4-7H2,1-3H3. The maximum absolute atomic E-state index is 13.4. The maximum atomic E-state index is 13.4. The molecular weight excluding hydrogens is 868 g/mol. The number of carbonyl (C=O) groups excluding carboxylic acids is 4. The van der Waals surface area contributed by atoms with Gasteiger partial charge < -0.3 is 58.4 Å². The fourth-order valence-electron chi connectivity index (χ4n) is 6.78. The Morgan fingerprint density at radius 2 is 1.06 bits per heavy atom. The van der Waals surface area contributed by atoms with Gasteiger partial charge in [-0.1, -0.05) is 0 Å². The summed E-state index contributed by atoms with van der Waals surface area (Å²) in [4.78, 5) is 67.9. The van der Waals surface area contributed by atoms with Crippen LogP contribution < -0.4 is 19.7 Å². The Morgan fingerprint density at radius 3 is 1.54 bits per heavy atom. The third-order valence-electron chi connectivity index (χ3n) is 9.99. The summed E-state index contributed by atoms with van der Waals surface area (Å²) < 4.78 is 45.3. The molecule has 2 aliphatic rings. The average molecular weight is 925 g/mol. The predicted octanol–water partition coefficient (Wildman–Crippen LogP) is 8.31. The van der Waals surface area contributed by atoms with Gasteiger partial charge in [0, 0.05) is 93.3 Å². The maximum Gasteiger partial charge on any atom is 0.410 e. The predicted molar refractivity (Wildman–Crippen MR) is 249 cm³/mol. The summed E-state index contributed by atoms with van der Waals surface area (Å²) in [7, 11) is 2.59. The number of rotatable bonds is 7. The lowest BCUT2D eigenvalue weighted by molar-refractivity contribution is 0.0223. The molecule has 0 radical (unpaired) electrons. The first-order valence-corrected chi connectivity index (χ1v) is 21.6. The molecule has 2 saturated heterocycles. The lowest BCUT2D eigenvalue weighted by Crippen LogP contribution is -2.50. The van der Waals surface area contributed by atoms with Gasteiger partial charge in [0.25, 0.3) is 0 Å². The van der Waals surface area contributed by atoms with E-state index < -0.39 is 23.4 Å². The zero-order valence-electron chi connectivity index (χ0n) is 38.9. The minimum atomic E-state index is -0.597. The number of hydrogen-bond acceptors (Lipinski definition) is 14. The molecule has 0 aliphatic carbocycles. The van der Waals surface area contributed by atoms with Crippen LogP contribution in [0.25, 0.3) is 22.1 Å². The molecule has 18 nitrogen and oxygen atoms in total. The summed E-state index contributed by atoms with van der Waals surface area (Å²) in [5.41, 5.74) is 1.92. The lowest BCUT2D eigenvalue weighted by atomic mass is 10.1. The number of piperazine rings is 2. The smallest absolute Gasteiger partial charge is 0.410 e. The Kier molecular flexibility index (Phi) is 15.9. The monoisotopic (exact) mass is 924 g/mol. The van der Waals surface area contributed by atoms with Gasteiger partial charge in [-0.2, -0.15) is 0 Å². The summed E-state index contributed by atoms with van der Waals surface area (Å²) in [5.74, 6) is -0.211. The minimum Gasteiger partial charge on any atom is -0.465 e. The van der Waals surface area contributed by atoms with Gasteiger partial charge in [0.15, 0.2) is 0 Å². The third kappa shape index (κ3) is 13.8. The number of aromatic nitrogens is 4. The number of pyridine rings is 2. The fraction of sp³-hybridized carbons (Fsp3) is 0.375. The number of amides is 2. The molecule has 2 aromatic carbocycles. The second kappa shape index (κ2) is 21.7. The molecule has 4 aromatic heterocycles. The van der Waals surface area contributed by atoms with Gasteiger partial charge in [-0.05, 0) is 90.1 Å². The number of nitrogens with zero attached hydrogens (tertiary/aromatic N) is 5. The van der Waals surface area contributed by atoms with Crippen molar-refractivity contribution in [3.05, 3.63) is 102 Å². The number of carbonyl (C=O) groups is 4. The van der Waals surface area contributed by atoms with E-state index in [1.54, 1.807) is 40.5 Å². The SMILES string of the molecule is CC(C)(C)OC(=O)N1CCNCC1.COC(=O)c1ccc(F)cc1Oc1cnc2[nH]ccc2c1.COC(=O)c1ccc(N2CCN(C(=O)OC(C)(C)C)CC2)cc1Oc1cnc2[nH]ccc2c1. The molecular formula is C48H57FN8O10. The van der Waals surface area contributed by atoms with E-state index in [9.17, 15) is 23.6 Å². The number of benzene rings is 2. The van der Waals surface area contributed by atoms with Gasteiger partial charge in [-0.3, -0.25) is 0 Å². The van der Waals surface area contributed by atoms with Crippen LogP contribution in [0.3, 0.4) is 0 Å². The Balaban J connectivity index is 0.000000185. The van der Waals surface area contributed by atoms with E-state index in [0.29, 0.717) is 49.0 Å². The molecule has 2 fully saturated rings. The van der Waals surface area contributed by atoms with Crippen LogP contribution >= 0.6 is 0 Å². The number of anilines is 1. The Hall–Kier alpha value is -7.41. The number of aromatic amines is 2. The van der Waals surface area contributed by atoms with Gasteiger partial charge in [0.05, 0.1) is 26.6 Å². The van der Waals surface area contributed by atoms with Crippen molar-refractivity contribution in [1.82, 2.24) is 35.1 Å². The minimum absolute atomic E-state index is 0.0820. The molecule has 0 unspecified atom stereocenters. The largest absolute Gasteiger partial charge is 0.465 e. The topological polar surface area (TPSA) is 203 Å². The highest BCUT2D eigenvalue weighted by Gasteiger charge is 2.27. The summed E-state index contributed by atoms with van der Waals surface area (Å²) in [6, 6.07) is 16.3. The number of fused-ring (bicyclic) bond motifs is 2. The summed E-state index contributed by atoms with van der Waals surface area (Å²) >= 11 is 0. The third-order valence-corrected chi connectivity index (χ3v) is 9.99. The van der Waals surface area contributed by atoms with E-state index in [2.05, 4.69) is 34.9 Å². The van der Waals surface area contributed by atoms with Crippen LogP contribution in [0.15, 0.2) is 85.5 Å². The van der Waals surface area contributed by atoms with Gasteiger partial charge in [-0.25, -0.2) is 33.5 Å². The van der Waals surface area contributed by atoms with Crippen molar-refractivity contribution >= 4 is 51.9 Å². The van der Waals surface area contributed by atoms with E-state index >= 15 is 0 Å². The molecule has 0 saturated carbocycles. The Morgan fingerprint density at radius 1 is 0.597 bits per heavy atom. The fourth-order valence-corrected chi connectivity index (χ4v) is 6.78. The molecule has 0 bridgehead atoms. The van der Waals surface area contributed by atoms with E-state index in [-0.39, 0.29) is 29.1 Å². The van der Waals surface area contributed by atoms with Crippen LogP contribution in [0, 0.1) is 5.82 Å². The number of methoxy groups -OCH3 is 2. The molecule has 0 atom stereocenters. The van der Waals surface area contributed by atoms with Crippen molar-refractivity contribution in [3.63, 3.8) is 0 Å². The van der Waals surface area contributed by atoms with Crippen LogP contribution in [0.2, 0.25) is 0 Å². The molecule has 67 heavy (non-hydrogen) atoms. The van der Waals surface area contributed by atoms with Crippen molar-refractivity contribution in [2.75, 3.05) is 71.5 Å². The number of H-pyrrole nitrogens is 2. The number of esters is 2. The lowest BCUT2D eigenvalue weighted by Gasteiger charge is -2.36. The highest BCUT2D eigenvalue weighted by Crippen LogP contribution is 2.33.